The van der Waals surface area contributed by atoms with Gasteiger partial charge in [0.05, 0.1) is 0 Å². The van der Waals surface area contributed by atoms with Gasteiger partial charge in [-0.25, -0.2) is 0 Å². The molecule has 0 aromatic rings. The molecule has 2 saturated heterocycles. The first-order valence-electron chi connectivity index (χ1n) is 5.32. The molecule has 2 aliphatic rings. The van der Waals surface area contributed by atoms with Crippen molar-refractivity contribution in [1.82, 2.24) is 10.6 Å². The van der Waals surface area contributed by atoms with E-state index in [2.05, 4.69) is 24.5 Å². The van der Waals surface area contributed by atoms with Gasteiger partial charge in [-0.15, -0.1) is 0 Å². The molecule has 2 nitrogen and oxygen atoms in total. The first-order valence-corrected chi connectivity index (χ1v) is 5.32. The van der Waals surface area contributed by atoms with E-state index in [1.165, 1.54) is 32.2 Å². The molecule has 2 N–H and O–H groups in total. The predicted molar refractivity (Wildman–Crippen MR) is 51.3 cm³/mol. The van der Waals surface area contributed by atoms with Gasteiger partial charge in [0.1, 0.15) is 0 Å². The molecule has 2 heterocycles. The molecule has 2 rings (SSSR count). The monoisotopic (exact) mass is 168 g/mol. The lowest BCUT2D eigenvalue weighted by molar-refractivity contribution is 0.202. The minimum absolute atomic E-state index is 0.442. The lowest BCUT2D eigenvalue weighted by Gasteiger charge is -2.42. The molecule has 12 heavy (non-hydrogen) atoms. The Bertz CT molecular complexity index is 167. The van der Waals surface area contributed by atoms with Crippen molar-refractivity contribution in [2.45, 2.75) is 57.2 Å². The summed E-state index contributed by atoms with van der Waals surface area (Å²) in [5.41, 5.74) is 0.442. The second kappa shape index (κ2) is 3.00. The summed E-state index contributed by atoms with van der Waals surface area (Å²) in [5.74, 6) is 0. The summed E-state index contributed by atoms with van der Waals surface area (Å²) in [6.07, 6.45) is 5.28. The maximum absolute atomic E-state index is 3.79. The highest BCUT2D eigenvalue weighted by Gasteiger charge is 2.45. The number of hydrogen-bond donors (Lipinski definition) is 2. The molecule has 2 aliphatic heterocycles. The molecule has 0 aromatic carbocycles. The average Bonchev–Trinajstić information content (AvgIpc) is 2.46. The predicted octanol–water partition coefficient (Wildman–Crippen LogP) is 1.27. The Balaban J connectivity index is 2.15. The van der Waals surface area contributed by atoms with Crippen LogP contribution in [0.2, 0.25) is 0 Å². The van der Waals surface area contributed by atoms with Crippen LogP contribution in [0.3, 0.4) is 0 Å². The molecular formula is C10H20N2. The number of hydrogen-bond acceptors (Lipinski definition) is 2. The molecule has 3 atom stereocenters. The first kappa shape index (κ1) is 8.52. The van der Waals surface area contributed by atoms with E-state index in [1.54, 1.807) is 0 Å². The Morgan fingerprint density at radius 3 is 2.92 bits per heavy atom. The van der Waals surface area contributed by atoms with Crippen LogP contribution in [0.25, 0.3) is 0 Å². The highest BCUT2D eigenvalue weighted by atomic mass is 15.2. The van der Waals surface area contributed by atoms with Crippen molar-refractivity contribution >= 4 is 0 Å². The van der Waals surface area contributed by atoms with Crippen LogP contribution in [0.4, 0.5) is 0 Å². The van der Waals surface area contributed by atoms with Crippen LogP contribution in [0.5, 0.6) is 0 Å². The molecule has 0 aromatic heterocycles. The zero-order chi connectivity index (χ0) is 8.60. The molecule has 0 aliphatic carbocycles. The minimum Gasteiger partial charge on any atom is -0.311 e. The molecule has 2 bridgehead atoms. The van der Waals surface area contributed by atoms with Crippen LogP contribution in [0, 0.1) is 0 Å². The number of nitrogens with one attached hydrogen (secondary N) is 2. The molecule has 0 amide bonds. The van der Waals surface area contributed by atoms with Crippen LogP contribution in [-0.2, 0) is 0 Å². The van der Waals surface area contributed by atoms with E-state index >= 15 is 0 Å². The van der Waals surface area contributed by atoms with Gasteiger partial charge in [0.15, 0.2) is 0 Å². The lowest BCUT2D eigenvalue weighted by atomic mass is 9.84. The quantitative estimate of drug-likeness (QED) is 0.649. The molecule has 0 radical (unpaired) electrons. The Hall–Kier alpha value is -0.0800. The standard InChI is InChI=1S/C10H20N2/c1-3-9-10(4-2)6-5-8(12-10)7-11-9/h8-9,11-12H,3-7H2,1-2H3. The fourth-order valence-corrected chi connectivity index (χ4v) is 2.95. The van der Waals surface area contributed by atoms with Gasteiger partial charge >= 0.3 is 0 Å². The summed E-state index contributed by atoms with van der Waals surface area (Å²) in [7, 11) is 0. The SMILES string of the molecule is CCC1NCC2CCC1(CC)N2. The summed E-state index contributed by atoms with van der Waals surface area (Å²) >= 11 is 0. The normalized spacial score (nSPS) is 46.5. The van der Waals surface area contributed by atoms with Gasteiger partial charge in [-0.2, -0.15) is 0 Å². The first-order chi connectivity index (χ1) is 5.80. The van der Waals surface area contributed by atoms with Gasteiger partial charge in [-0.05, 0) is 25.7 Å². The zero-order valence-electron chi connectivity index (χ0n) is 8.19. The number of fused-ring (bicyclic) bond motifs is 2. The Morgan fingerprint density at radius 1 is 1.42 bits per heavy atom. The Kier molecular flexibility index (Phi) is 2.13. The maximum Gasteiger partial charge on any atom is 0.0335 e. The zero-order valence-corrected chi connectivity index (χ0v) is 8.19. The lowest BCUT2D eigenvalue weighted by Crippen LogP contribution is -2.64. The smallest absolute Gasteiger partial charge is 0.0335 e. The summed E-state index contributed by atoms with van der Waals surface area (Å²) in [5, 5.41) is 7.45. The third-order valence-electron chi connectivity index (χ3n) is 3.75. The number of piperazine rings is 1. The highest BCUT2D eigenvalue weighted by Crippen LogP contribution is 2.33. The van der Waals surface area contributed by atoms with E-state index in [1.807, 2.05) is 0 Å². The van der Waals surface area contributed by atoms with Gasteiger partial charge in [0.2, 0.25) is 0 Å². The molecule has 2 heteroatoms. The van der Waals surface area contributed by atoms with Gasteiger partial charge in [-0.3, -0.25) is 0 Å². The van der Waals surface area contributed by atoms with Crippen LogP contribution in [0.1, 0.15) is 39.5 Å². The van der Waals surface area contributed by atoms with E-state index < -0.39 is 0 Å². The van der Waals surface area contributed by atoms with Crippen LogP contribution < -0.4 is 10.6 Å². The molecule has 70 valence electrons. The van der Waals surface area contributed by atoms with Crippen molar-refractivity contribution in [2.24, 2.45) is 0 Å². The summed E-state index contributed by atoms with van der Waals surface area (Å²) in [6, 6.07) is 1.47. The van der Waals surface area contributed by atoms with E-state index in [0.29, 0.717) is 11.6 Å². The van der Waals surface area contributed by atoms with Crippen molar-refractivity contribution in [3.63, 3.8) is 0 Å². The van der Waals surface area contributed by atoms with Crippen molar-refractivity contribution in [2.75, 3.05) is 6.54 Å². The van der Waals surface area contributed by atoms with E-state index in [0.717, 1.165) is 6.04 Å². The third kappa shape index (κ3) is 1.09. The van der Waals surface area contributed by atoms with Gasteiger partial charge < -0.3 is 10.6 Å². The molecule has 3 unspecified atom stereocenters. The molecular weight excluding hydrogens is 148 g/mol. The van der Waals surface area contributed by atoms with Crippen molar-refractivity contribution in [3.05, 3.63) is 0 Å². The Morgan fingerprint density at radius 2 is 2.25 bits per heavy atom. The van der Waals surface area contributed by atoms with E-state index in [9.17, 15) is 0 Å². The van der Waals surface area contributed by atoms with Crippen LogP contribution in [0.15, 0.2) is 0 Å². The minimum atomic E-state index is 0.442. The van der Waals surface area contributed by atoms with Gasteiger partial charge in [0.25, 0.3) is 0 Å². The molecule has 2 fully saturated rings. The van der Waals surface area contributed by atoms with E-state index in [-0.39, 0.29) is 0 Å². The van der Waals surface area contributed by atoms with Gasteiger partial charge in [-0.1, -0.05) is 13.8 Å². The maximum atomic E-state index is 3.79. The van der Waals surface area contributed by atoms with Crippen LogP contribution >= 0.6 is 0 Å². The summed E-state index contributed by atoms with van der Waals surface area (Å²) < 4.78 is 0. The van der Waals surface area contributed by atoms with Gasteiger partial charge in [0, 0.05) is 24.2 Å². The fraction of sp³-hybridized carbons (Fsp3) is 1.00. The Labute approximate surface area is 75.1 Å². The highest BCUT2D eigenvalue weighted by molar-refractivity contribution is 5.08. The topological polar surface area (TPSA) is 24.1 Å². The largest absolute Gasteiger partial charge is 0.311 e. The van der Waals surface area contributed by atoms with Crippen molar-refractivity contribution in [1.29, 1.82) is 0 Å². The van der Waals surface area contributed by atoms with Crippen LogP contribution in [-0.4, -0.2) is 24.2 Å². The fourth-order valence-electron chi connectivity index (χ4n) is 2.95. The van der Waals surface area contributed by atoms with Crippen molar-refractivity contribution in [3.8, 4) is 0 Å². The second-order valence-corrected chi connectivity index (χ2v) is 4.26. The third-order valence-corrected chi connectivity index (χ3v) is 3.75. The number of rotatable bonds is 2. The molecule has 0 saturated carbocycles. The average molecular weight is 168 g/mol. The van der Waals surface area contributed by atoms with E-state index in [4.69, 9.17) is 0 Å². The molecule has 0 spiro atoms. The summed E-state index contributed by atoms with van der Waals surface area (Å²) in [6.45, 7) is 5.78. The second-order valence-electron chi connectivity index (χ2n) is 4.26. The summed E-state index contributed by atoms with van der Waals surface area (Å²) in [4.78, 5) is 0. The van der Waals surface area contributed by atoms with Crippen molar-refractivity contribution < 1.29 is 0 Å².